The van der Waals surface area contributed by atoms with E-state index in [4.69, 9.17) is 5.73 Å². The first-order valence-corrected chi connectivity index (χ1v) is 7.15. The molecule has 1 heterocycles. The molecule has 1 aliphatic carbocycles. The maximum atomic E-state index is 11.6. The van der Waals surface area contributed by atoms with E-state index < -0.39 is 0 Å². The maximum Gasteiger partial charge on any atom is 0.236 e. The summed E-state index contributed by atoms with van der Waals surface area (Å²) in [5.74, 6) is 0.556. The number of primary amides is 1. The van der Waals surface area contributed by atoms with Crippen LogP contribution in [0.2, 0.25) is 0 Å². The zero-order valence-corrected chi connectivity index (χ0v) is 11.9. The van der Waals surface area contributed by atoms with Crippen molar-refractivity contribution in [2.75, 3.05) is 19.6 Å². The Morgan fingerprint density at radius 2 is 2.11 bits per heavy atom. The van der Waals surface area contributed by atoms with Gasteiger partial charge in [-0.25, -0.2) is 0 Å². The average Bonchev–Trinajstić information content (AvgIpc) is 2.26. The molecular weight excluding hydrogens is 226 g/mol. The maximum absolute atomic E-state index is 11.6. The summed E-state index contributed by atoms with van der Waals surface area (Å²) < 4.78 is 0. The molecule has 1 saturated heterocycles. The molecule has 4 heteroatoms. The third kappa shape index (κ3) is 3.04. The molecule has 0 aromatic rings. The fourth-order valence-electron chi connectivity index (χ4n) is 3.97. The van der Waals surface area contributed by atoms with E-state index in [9.17, 15) is 4.79 Å². The SMILES string of the molecule is CC1CC(N2CCNCC2C(N)=O)CC(C)(C)C1. The van der Waals surface area contributed by atoms with Crippen LogP contribution in [-0.2, 0) is 4.79 Å². The highest BCUT2D eigenvalue weighted by molar-refractivity contribution is 5.80. The lowest BCUT2D eigenvalue weighted by molar-refractivity contribution is -0.126. The first-order chi connectivity index (χ1) is 8.39. The number of carbonyl (C=O) groups is 1. The Morgan fingerprint density at radius 3 is 2.72 bits per heavy atom. The van der Waals surface area contributed by atoms with E-state index in [1.165, 1.54) is 19.3 Å². The van der Waals surface area contributed by atoms with Crippen LogP contribution in [0.4, 0.5) is 0 Å². The summed E-state index contributed by atoms with van der Waals surface area (Å²) in [7, 11) is 0. The molecule has 0 aromatic carbocycles. The number of hydrogen-bond donors (Lipinski definition) is 2. The van der Waals surface area contributed by atoms with Gasteiger partial charge in [-0.2, -0.15) is 0 Å². The van der Waals surface area contributed by atoms with Crippen molar-refractivity contribution in [3.05, 3.63) is 0 Å². The van der Waals surface area contributed by atoms with Gasteiger partial charge in [-0.05, 0) is 30.6 Å². The van der Waals surface area contributed by atoms with E-state index in [2.05, 4.69) is 31.0 Å². The van der Waals surface area contributed by atoms with Crippen LogP contribution in [0, 0.1) is 11.3 Å². The van der Waals surface area contributed by atoms with E-state index in [0.29, 0.717) is 18.0 Å². The number of nitrogens with one attached hydrogen (secondary N) is 1. The highest BCUT2D eigenvalue weighted by Gasteiger charge is 2.39. The molecule has 1 amide bonds. The largest absolute Gasteiger partial charge is 0.368 e. The zero-order chi connectivity index (χ0) is 13.3. The Bertz CT molecular complexity index is 316. The Hall–Kier alpha value is -0.610. The molecule has 2 rings (SSSR count). The molecule has 3 atom stereocenters. The zero-order valence-electron chi connectivity index (χ0n) is 11.9. The molecule has 0 bridgehead atoms. The number of nitrogens with zero attached hydrogens (tertiary/aromatic N) is 1. The number of rotatable bonds is 2. The topological polar surface area (TPSA) is 58.4 Å². The number of amides is 1. The van der Waals surface area contributed by atoms with E-state index in [-0.39, 0.29) is 11.9 Å². The van der Waals surface area contributed by atoms with Crippen LogP contribution in [0.25, 0.3) is 0 Å². The van der Waals surface area contributed by atoms with Gasteiger partial charge >= 0.3 is 0 Å². The predicted octanol–water partition coefficient (Wildman–Crippen LogP) is 0.960. The van der Waals surface area contributed by atoms with Gasteiger partial charge in [0.1, 0.15) is 6.04 Å². The Balaban J connectivity index is 2.10. The number of hydrogen-bond acceptors (Lipinski definition) is 3. The number of carbonyl (C=O) groups excluding carboxylic acids is 1. The van der Waals surface area contributed by atoms with Gasteiger partial charge < -0.3 is 11.1 Å². The smallest absolute Gasteiger partial charge is 0.236 e. The second-order valence-electron chi connectivity index (χ2n) is 6.93. The normalized spacial score (nSPS) is 37.4. The standard InChI is InChI=1S/C14H27N3O/c1-10-6-11(8-14(2,3)7-10)17-5-4-16-9-12(17)13(15)18/h10-12,16H,4-9H2,1-3H3,(H2,15,18). The summed E-state index contributed by atoms with van der Waals surface area (Å²) in [5.41, 5.74) is 5.93. The molecule has 18 heavy (non-hydrogen) atoms. The van der Waals surface area contributed by atoms with Gasteiger partial charge in [0.25, 0.3) is 0 Å². The first kappa shape index (κ1) is 13.8. The lowest BCUT2D eigenvalue weighted by Crippen LogP contribution is -2.61. The summed E-state index contributed by atoms with van der Waals surface area (Å²) in [6, 6.07) is 0.396. The van der Waals surface area contributed by atoms with Gasteiger partial charge in [0.2, 0.25) is 5.91 Å². The number of nitrogens with two attached hydrogens (primary N) is 1. The molecule has 1 saturated carbocycles. The molecule has 3 unspecified atom stereocenters. The fourth-order valence-corrected chi connectivity index (χ4v) is 3.97. The van der Waals surface area contributed by atoms with Crippen molar-refractivity contribution in [3.63, 3.8) is 0 Å². The van der Waals surface area contributed by atoms with Crippen LogP contribution in [-0.4, -0.2) is 42.5 Å². The van der Waals surface area contributed by atoms with Gasteiger partial charge in [0.15, 0.2) is 0 Å². The minimum absolute atomic E-state index is 0.121. The molecule has 104 valence electrons. The highest BCUT2D eigenvalue weighted by atomic mass is 16.1. The van der Waals surface area contributed by atoms with E-state index in [0.717, 1.165) is 19.0 Å². The molecule has 2 fully saturated rings. The lowest BCUT2D eigenvalue weighted by Gasteiger charge is -2.47. The van der Waals surface area contributed by atoms with Gasteiger partial charge in [0.05, 0.1) is 0 Å². The Kier molecular flexibility index (Phi) is 3.97. The van der Waals surface area contributed by atoms with Crippen LogP contribution < -0.4 is 11.1 Å². The molecule has 2 aliphatic rings. The molecule has 0 radical (unpaired) electrons. The minimum Gasteiger partial charge on any atom is -0.368 e. The van der Waals surface area contributed by atoms with Gasteiger partial charge in [-0.3, -0.25) is 9.69 Å². The Labute approximate surface area is 110 Å². The summed E-state index contributed by atoms with van der Waals surface area (Å²) in [4.78, 5) is 13.9. The predicted molar refractivity (Wildman–Crippen MR) is 73.1 cm³/mol. The molecule has 0 aromatic heterocycles. The van der Waals surface area contributed by atoms with E-state index >= 15 is 0 Å². The quantitative estimate of drug-likeness (QED) is 0.770. The van der Waals surface area contributed by atoms with Crippen molar-refractivity contribution < 1.29 is 4.79 Å². The van der Waals surface area contributed by atoms with Crippen molar-refractivity contribution in [2.24, 2.45) is 17.1 Å². The van der Waals surface area contributed by atoms with Crippen LogP contribution in [0.5, 0.6) is 0 Å². The van der Waals surface area contributed by atoms with Crippen molar-refractivity contribution in [2.45, 2.75) is 52.1 Å². The third-order valence-electron chi connectivity index (χ3n) is 4.45. The van der Waals surface area contributed by atoms with E-state index in [1.54, 1.807) is 0 Å². The summed E-state index contributed by atoms with van der Waals surface area (Å²) in [5, 5.41) is 3.27. The lowest BCUT2D eigenvalue weighted by atomic mass is 9.70. The van der Waals surface area contributed by atoms with Crippen LogP contribution in [0.1, 0.15) is 40.0 Å². The molecule has 1 aliphatic heterocycles. The molecule has 3 N–H and O–H groups in total. The highest BCUT2D eigenvalue weighted by Crippen LogP contribution is 2.40. The molecular formula is C14H27N3O. The second kappa shape index (κ2) is 5.17. The van der Waals surface area contributed by atoms with Crippen molar-refractivity contribution in [1.29, 1.82) is 0 Å². The number of piperazine rings is 1. The van der Waals surface area contributed by atoms with Crippen molar-refractivity contribution in [1.82, 2.24) is 10.2 Å². The fraction of sp³-hybridized carbons (Fsp3) is 0.929. The summed E-state index contributed by atoms with van der Waals surface area (Å²) >= 11 is 0. The van der Waals surface area contributed by atoms with Crippen LogP contribution in [0.3, 0.4) is 0 Å². The van der Waals surface area contributed by atoms with Gasteiger partial charge in [-0.15, -0.1) is 0 Å². The van der Waals surface area contributed by atoms with Gasteiger partial charge in [0, 0.05) is 25.7 Å². The van der Waals surface area contributed by atoms with Crippen molar-refractivity contribution in [3.8, 4) is 0 Å². The van der Waals surface area contributed by atoms with E-state index in [1.807, 2.05) is 0 Å². The summed E-state index contributed by atoms with van der Waals surface area (Å²) in [6.45, 7) is 9.64. The average molecular weight is 253 g/mol. The van der Waals surface area contributed by atoms with Crippen LogP contribution >= 0.6 is 0 Å². The first-order valence-electron chi connectivity index (χ1n) is 7.15. The Morgan fingerprint density at radius 1 is 1.39 bits per heavy atom. The van der Waals surface area contributed by atoms with Crippen LogP contribution in [0.15, 0.2) is 0 Å². The minimum atomic E-state index is -0.182. The summed E-state index contributed by atoms with van der Waals surface area (Å²) in [6.07, 6.45) is 3.67. The molecule has 0 spiro atoms. The second-order valence-corrected chi connectivity index (χ2v) is 6.93. The van der Waals surface area contributed by atoms with Crippen molar-refractivity contribution >= 4 is 5.91 Å². The third-order valence-corrected chi connectivity index (χ3v) is 4.45. The molecule has 4 nitrogen and oxygen atoms in total. The van der Waals surface area contributed by atoms with Gasteiger partial charge in [-0.1, -0.05) is 20.8 Å². The monoisotopic (exact) mass is 253 g/mol.